The van der Waals surface area contributed by atoms with Crippen LogP contribution in [0.4, 0.5) is 24.0 Å². The molecule has 0 aliphatic heterocycles. The van der Waals surface area contributed by atoms with Crippen LogP contribution >= 0.6 is 22.9 Å². The fourth-order valence-corrected chi connectivity index (χ4v) is 5.82. The van der Waals surface area contributed by atoms with Gasteiger partial charge in [-0.3, -0.25) is 14.4 Å². The first-order chi connectivity index (χ1) is 17.8. The van der Waals surface area contributed by atoms with Gasteiger partial charge in [0.15, 0.2) is 0 Å². The molecule has 4 aromatic rings. The van der Waals surface area contributed by atoms with E-state index >= 15 is 0 Å². The number of aryl methyl sites for hydroxylation is 2. The van der Waals surface area contributed by atoms with Crippen LogP contribution < -0.4 is 9.62 Å². The molecule has 1 N–H and O–H groups in total. The number of aromatic nitrogens is 2. The summed E-state index contributed by atoms with van der Waals surface area (Å²) in [5.74, 6) is -0.823. The van der Waals surface area contributed by atoms with E-state index in [1.807, 2.05) is 31.2 Å². The summed E-state index contributed by atoms with van der Waals surface area (Å²) >= 11 is 6.80. The van der Waals surface area contributed by atoms with E-state index in [2.05, 4.69) is 15.5 Å². The van der Waals surface area contributed by atoms with Crippen molar-refractivity contribution in [2.75, 3.05) is 16.2 Å². The van der Waals surface area contributed by atoms with Crippen molar-refractivity contribution in [2.45, 2.75) is 24.9 Å². The number of nitrogens with one attached hydrogen (secondary N) is 1. The van der Waals surface area contributed by atoms with Crippen LogP contribution in [0.15, 0.2) is 71.6 Å². The molecule has 0 aliphatic carbocycles. The maximum atomic E-state index is 13.5. The minimum Gasteiger partial charge on any atom is -0.299 e. The zero-order valence-electron chi connectivity index (χ0n) is 20.0. The van der Waals surface area contributed by atoms with Gasteiger partial charge in [-0.1, -0.05) is 70.5 Å². The lowest BCUT2D eigenvalue weighted by Gasteiger charge is -2.25. The number of halogens is 4. The van der Waals surface area contributed by atoms with E-state index in [1.165, 1.54) is 12.1 Å². The van der Waals surface area contributed by atoms with Gasteiger partial charge in [-0.15, -0.1) is 10.2 Å². The number of carbonyl (C=O) groups excluding carboxylic acids is 1. The molecule has 0 bridgehead atoms. The number of sulfonamides is 1. The largest absolute Gasteiger partial charge is 0.417 e. The molecule has 0 saturated carbocycles. The zero-order chi connectivity index (χ0) is 27.7. The second kappa shape index (κ2) is 10.7. The normalized spacial score (nSPS) is 11.8. The molecule has 4 rings (SSSR count). The molecule has 0 unspecified atom stereocenters. The average molecular weight is 581 g/mol. The predicted octanol–water partition coefficient (Wildman–Crippen LogP) is 6.33. The molecular weight excluding hydrogens is 561 g/mol. The van der Waals surface area contributed by atoms with E-state index in [9.17, 15) is 26.4 Å². The van der Waals surface area contributed by atoms with Gasteiger partial charge in [0.1, 0.15) is 11.6 Å². The lowest BCUT2D eigenvalue weighted by molar-refractivity contribution is -0.137. The molecule has 1 amide bonds. The summed E-state index contributed by atoms with van der Waals surface area (Å²) in [6.45, 7) is 2.86. The van der Waals surface area contributed by atoms with Crippen LogP contribution in [-0.2, 0) is 21.0 Å². The second-order valence-electron chi connectivity index (χ2n) is 8.31. The number of hydrogen-bond acceptors (Lipinski definition) is 6. The number of hydrogen-bond donors (Lipinski definition) is 1. The number of nitrogens with zero attached hydrogens (tertiary/aromatic N) is 3. The van der Waals surface area contributed by atoms with Crippen LogP contribution in [-0.4, -0.2) is 31.1 Å². The number of anilines is 2. The van der Waals surface area contributed by atoms with Crippen LogP contribution in [0.5, 0.6) is 0 Å². The molecule has 0 saturated heterocycles. The van der Waals surface area contributed by atoms with Gasteiger partial charge in [-0.25, -0.2) is 8.42 Å². The molecule has 3 aromatic carbocycles. The zero-order valence-corrected chi connectivity index (χ0v) is 22.3. The summed E-state index contributed by atoms with van der Waals surface area (Å²) in [4.78, 5) is 12.7. The molecule has 0 aliphatic rings. The summed E-state index contributed by atoms with van der Waals surface area (Å²) in [7, 11) is -4.45. The summed E-state index contributed by atoms with van der Waals surface area (Å²) in [5.41, 5.74) is 0.999. The molecule has 7 nitrogen and oxygen atoms in total. The number of amides is 1. The van der Waals surface area contributed by atoms with Crippen molar-refractivity contribution < 1.29 is 26.4 Å². The van der Waals surface area contributed by atoms with E-state index in [0.29, 0.717) is 15.4 Å². The van der Waals surface area contributed by atoms with Crippen molar-refractivity contribution in [3.05, 3.63) is 88.4 Å². The minimum absolute atomic E-state index is 0.102. The highest BCUT2D eigenvalue weighted by atomic mass is 35.5. The Morgan fingerprint density at radius 1 is 0.974 bits per heavy atom. The van der Waals surface area contributed by atoms with E-state index in [4.69, 9.17) is 11.6 Å². The number of rotatable bonds is 7. The quantitative estimate of drug-likeness (QED) is 0.276. The van der Waals surface area contributed by atoms with Crippen LogP contribution in [0, 0.1) is 13.8 Å². The standard InChI is InChI=1S/C25H20ClF3N4O3S2/c1-15-3-7-17(8-4-15)23-31-32-24(37-23)30-22(34)14-33(38(35,36)19-10-5-16(2)6-11-19)18-9-12-21(26)20(13-18)25(27,28)29/h3-13H,14H2,1-2H3,(H,30,32,34). The Kier molecular flexibility index (Phi) is 7.77. The highest BCUT2D eigenvalue weighted by Crippen LogP contribution is 2.38. The summed E-state index contributed by atoms with van der Waals surface area (Å²) in [6.07, 6.45) is -4.84. The predicted molar refractivity (Wildman–Crippen MR) is 141 cm³/mol. The highest BCUT2D eigenvalue weighted by molar-refractivity contribution is 7.92. The maximum absolute atomic E-state index is 13.5. The molecular formula is C25H20ClF3N4O3S2. The van der Waals surface area contributed by atoms with Crippen LogP contribution in [0.2, 0.25) is 5.02 Å². The van der Waals surface area contributed by atoms with E-state index in [1.54, 1.807) is 19.1 Å². The van der Waals surface area contributed by atoms with Crippen molar-refractivity contribution >= 4 is 49.7 Å². The Labute approximate surface area is 226 Å². The van der Waals surface area contributed by atoms with Crippen molar-refractivity contribution in [1.82, 2.24) is 10.2 Å². The maximum Gasteiger partial charge on any atom is 0.417 e. The fraction of sp³-hybridized carbons (Fsp3) is 0.160. The lowest BCUT2D eigenvalue weighted by Crippen LogP contribution is -2.38. The molecule has 1 heterocycles. The third-order valence-electron chi connectivity index (χ3n) is 5.41. The van der Waals surface area contributed by atoms with Crippen molar-refractivity contribution in [3.63, 3.8) is 0 Å². The van der Waals surface area contributed by atoms with E-state index in [-0.39, 0.29) is 15.7 Å². The van der Waals surface area contributed by atoms with Gasteiger partial charge in [-0.2, -0.15) is 13.2 Å². The molecule has 38 heavy (non-hydrogen) atoms. The Morgan fingerprint density at radius 2 is 1.58 bits per heavy atom. The molecule has 0 radical (unpaired) electrons. The second-order valence-corrected chi connectivity index (χ2v) is 11.6. The van der Waals surface area contributed by atoms with E-state index in [0.717, 1.165) is 40.2 Å². The van der Waals surface area contributed by atoms with Crippen molar-refractivity contribution in [1.29, 1.82) is 0 Å². The first kappa shape index (κ1) is 27.6. The Balaban J connectivity index is 1.66. The molecule has 198 valence electrons. The summed E-state index contributed by atoms with van der Waals surface area (Å²) in [6, 6.07) is 15.8. The lowest BCUT2D eigenvalue weighted by atomic mass is 10.2. The Hall–Kier alpha value is -3.48. The van der Waals surface area contributed by atoms with Gasteiger partial charge in [0.25, 0.3) is 10.0 Å². The van der Waals surface area contributed by atoms with Gasteiger partial charge in [0.05, 0.1) is 21.2 Å². The van der Waals surface area contributed by atoms with Gasteiger partial charge in [0.2, 0.25) is 11.0 Å². The molecule has 1 aromatic heterocycles. The minimum atomic E-state index is -4.84. The summed E-state index contributed by atoms with van der Waals surface area (Å²) in [5, 5.41) is 10.5. The Bertz CT molecular complexity index is 1570. The fourth-order valence-electron chi connectivity index (χ4n) is 3.41. The third kappa shape index (κ3) is 6.14. The third-order valence-corrected chi connectivity index (χ3v) is 8.41. The van der Waals surface area contributed by atoms with E-state index < -0.39 is 39.2 Å². The van der Waals surface area contributed by atoms with Crippen molar-refractivity contribution in [2.24, 2.45) is 0 Å². The van der Waals surface area contributed by atoms with Crippen LogP contribution in [0.1, 0.15) is 16.7 Å². The number of alkyl halides is 3. The average Bonchev–Trinajstić information content (AvgIpc) is 3.31. The van der Waals surface area contributed by atoms with Crippen LogP contribution in [0.3, 0.4) is 0 Å². The Morgan fingerprint density at radius 3 is 2.18 bits per heavy atom. The van der Waals surface area contributed by atoms with Gasteiger partial charge < -0.3 is 0 Å². The highest BCUT2D eigenvalue weighted by Gasteiger charge is 2.35. The SMILES string of the molecule is Cc1ccc(-c2nnc(NC(=O)CN(c3ccc(Cl)c(C(F)(F)F)c3)S(=O)(=O)c3ccc(C)cc3)s2)cc1. The summed E-state index contributed by atoms with van der Waals surface area (Å²) < 4.78 is 68.2. The topological polar surface area (TPSA) is 92.3 Å². The molecule has 0 fully saturated rings. The monoisotopic (exact) mass is 580 g/mol. The molecule has 0 atom stereocenters. The number of benzene rings is 3. The van der Waals surface area contributed by atoms with Gasteiger partial charge >= 0.3 is 6.18 Å². The van der Waals surface area contributed by atoms with Crippen LogP contribution in [0.25, 0.3) is 10.6 Å². The number of carbonyl (C=O) groups is 1. The first-order valence-corrected chi connectivity index (χ1v) is 13.6. The molecule has 0 spiro atoms. The first-order valence-electron chi connectivity index (χ1n) is 11.0. The smallest absolute Gasteiger partial charge is 0.299 e. The van der Waals surface area contributed by atoms with Crippen molar-refractivity contribution in [3.8, 4) is 10.6 Å². The van der Waals surface area contributed by atoms with Gasteiger partial charge in [0, 0.05) is 5.56 Å². The van der Waals surface area contributed by atoms with Gasteiger partial charge in [-0.05, 0) is 44.2 Å². The molecule has 13 heteroatoms.